The number of aromatic nitrogens is 2. The number of anilines is 1. The van der Waals surface area contributed by atoms with Crippen LogP contribution in [0, 0.1) is 25.6 Å². The highest BCUT2D eigenvalue weighted by Gasteiger charge is 2.27. The average Bonchev–Trinajstić information content (AvgIpc) is 3.06. The maximum absolute atomic E-state index is 13.7. The van der Waals surface area contributed by atoms with Gasteiger partial charge in [-0.1, -0.05) is 12.1 Å². The van der Waals surface area contributed by atoms with Crippen LogP contribution in [0.2, 0.25) is 0 Å². The molecule has 2 amide bonds. The fraction of sp³-hybridized carbons (Fsp3) is 0.333. The summed E-state index contributed by atoms with van der Waals surface area (Å²) < 4.78 is 13.7. The minimum atomic E-state index is -0.675. The van der Waals surface area contributed by atoms with E-state index in [1.807, 2.05) is 0 Å². The highest BCUT2D eigenvalue weighted by atomic mass is 32.1. The number of carbonyl (C=O) groups excluding carboxylic acids is 2. The second-order valence-electron chi connectivity index (χ2n) is 7.35. The maximum atomic E-state index is 13.7. The van der Waals surface area contributed by atoms with Crippen LogP contribution < -0.4 is 15.8 Å². The number of piperidine rings is 1. The van der Waals surface area contributed by atoms with E-state index >= 15 is 0 Å². The highest BCUT2D eigenvalue weighted by Crippen LogP contribution is 2.35. The molecule has 0 spiro atoms. The monoisotopic (exact) mass is 427 g/mol. The molecular formula is C21H22FN5O2S. The van der Waals surface area contributed by atoms with Gasteiger partial charge in [0.1, 0.15) is 22.8 Å². The largest absolute Gasteiger partial charge is 0.356 e. The zero-order valence-corrected chi connectivity index (χ0v) is 17.6. The van der Waals surface area contributed by atoms with Gasteiger partial charge in [-0.3, -0.25) is 20.4 Å². The normalized spacial score (nSPS) is 14.7. The van der Waals surface area contributed by atoms with Gasteiger partial charge in [0.15, 0.2) is 0 Å². The molecule has 0 unspecified atom stereocenters. The Morgan fingerprint density at radius 3 is 2.60 bits per heavy atom. The number of benzene rings is 1. The van der Waals surface area contributed by atoms with E-state index in [0.717, 1.165) is 16.0 Å². The number of aryl methyl sites for hydroxylation is 2. The molecule has 7 nitrogen and oxygen atoms in total. The molecule has 1 fully saturated rings. The predicted octanol–water partition coefficient (Wildman–Crippen LogP) is 3.12. The number of hydrogen-bond donors (Lipinski definition) is 2. The molecule has 2 aromatic heterocycles. The third kappa shape index (κ3) is 3.85. The Morgan fingerprint density at radius 1 is 1.13 bits per heavy atom. The molecule has 1 aliphatic rings. The number of halogens is 1. The summed E-state index contributed by atoms with van der Waals surface area (Å²) in [5, 5.41) is 1.08. The van der Waals surface area contributed by atoms with Crippen molar-refractivity contribution in [2.24, 2.45) is 5.92 Å². The van der Waals surface area contributed by atoms with Gasteiger partial charge in [-0.05, 0) is 44.4 Å². The first-order chi connectivity index (χ1) is 14.5. The van der Waals surface area contributed by atoms with Crippen molar-refractivity contribution in [2.45, 2.75) is 26.7 Å². The van der Waals surface area contributed by atoms with Crippen LogP contribution in [-0.4, -0.2) is 34.9 Å². The predicted molar refractivity (Wildman–Crippen MR) is 114 cm³/mol. The molecule has 4 rings (SSSR count). The molecule has 0 radical (unpaired) electrons. The number of amides is 2. The summed E-state index contributed by atoms with van der Waals surface area (Å²) in [5.74, 6) is -0.897. The molecule has 2 N–H and O–H groups in total. The fourth-order valence-electron chi connectivity index (χ4n) is 3.69. The third-order valence-corrected chi connectivity index (χ3v) is 6.64. The van der Waals surface area contributed by atoms with Gasteiger partial charge in [-0.15, -0.1) is 11.3 Å². The Labute approximate surface area is 177 Å². The van der Waals surface area contributed by atoms with Gasteiger partial charge in [0, 0.05) is 23.9 Å². The standard InChI is InChI=1S/C21H22FN5O2S/c1-12-13(2)30-21-17(12)18(23-11-24-21)27-9-7-14(8-10-27)19(28)25-26-20(29)15-5-3-4-6-16(15)22/h3-6,11,14H,7-10H2,1-2H3,(H,25,28)(H,26,29). The van der Waals surface area contributed by atoms with Crippen molar-refractivity contribution < 1.29 is 14.0 Å². The summed E-state index contributed by atoms with van der Waals surface area (Å²) in [6.45, 7) is 5.52. The molecule has 0 aliphatic carbocycles. The SMILES string of the molecule is Cc1sc2ncnc(N3CCC(C(=O)NNC(=O)c4ccccc4F)CC3)c2c1C. The second kappa shape index (κ2) is 8.35. The first-order valence-corrected chi connectivity index (χ1v) is 10.6. The van der Waals surface area contributed by atoms with Crippen LogP contribution in [0.3, 0.4) is 0 Å². The Balaban J connectivity index is 1.36. The molecule has 9 heteroatoms. The summed E-state index contributed by atoms with van der Waals surface area (Å²) in [6.07, 6.45) is 2.86. The lowest BCUT2D eigenvalue weighted by molar-refractivity contribution is -0.126. The van der Waals surface area contributed by atoms with Crippen LogP contribution in [0.25, 0.3) is 10.2 Å². The Bertz CT molecular complexity index is 1110. The summed E-state index contributed by atoms with van der Waals surface area (Å²) in [7, 11) is 0. The lowest BCUT2D eigenvalue weighted by atomic mass is 9.96. The van der Waals surface area contributed by atoms with E-state index in [1.54, 1.807) is 23.7 Å². The van der Waals surface area contributed by atoms with Crippen molar-refractivity contribution in [3.8, 4) is 0 Å². The van der Waals surface area contributed by atoms with Gasteiger partial charge in [0.25, 0.3) is 5.91 Å². The van der Waals surface area contributed by atoms with Gasteiger partial charge < -0.3 is 4.90 Å². The van der Waals surface area contributed by atoms with Gasteiger partial charge in [-0.25, -0.2) is 14.4 Å². The number of thiophene rings is 1. The second-order valence-corrected chi connectivity index (χ2v) is 8.55. The summed E-state index contributed by atoms with van der Waals surface area (Å²) >= 11 is 1.66. The van der Waals surface area contributed by atoms with Crippen molar-refractivity contribution in [3.63, 3.8) is 0 Å². The Kier molecular flexibility index (Phi) is 5.63. The van der Waals surface area contributed by atoms with Gasteiger partial charge in [0.05, 0.1) is 10.9 Å². The van der Waals surface area contributed by atoms with Gasteiger partial charge >= 0.3 is 0 Å². The van der Waals surface area contributed by atoms with Crippen LogP contribution >= 0.6 is 11.3 Å². The molecule has 156 valence electrons. The molecule has 3 heterocycles. The number of fused-ring (bicyclic) bond motifs is 1. The first-order valence-electron chi connectivity index (χ1n) is 9.76. The zero-order chi connectivity index (χ0) is 21.3. The quantitative estimate of drug-likeness (QED) is 0.627. The van der Waals surface area contributed by atoms with Gasteiger partial charge in [-0.2, -0.15) is 0 Å². The number of hydrazine groups is 1. The lowest BCUT2D eigenvalue weighted by Crippen LogP contribution is -2.47. The number of nitrogens with one attached hydrogen (secondary N) is 2. The van der Waals surface area contributed by atoms with E-state index in [4.69, 9.17) is 0 Å². The third-order valence-electron chi connectivity index (χ3n) is 5.53. The highest BCUT2D eigenvalue weighted by molar-refractivity contribution is 7.18. The molecule has 3 aromatic rings. The summed E-state index contributed by atoms with van der Waals surface area (Å²) in [4.78, 5) is 37.8. The van der Waals surface area contributed by atoms with Crippen molar-refractivity contribution in [1.82, 2.24) is 20.8 Å². The smallest absolute Gasteiger partial charge is 0.272 e. The van der Waals surface area contributed by atoms with E-state index in [9.17, 15) is 14.0 Å². The topological polar surface area (TPSA) is 87.2 Å². The molecule has 0 saturated carbocycles. The van der Waals surface area contributed by atoms with E-state index in [1.165, 1.54) is 28.6 Å². The van der Waals surface area contributed by atoms with E-state index < -0.39 is 11.7 Å². The number of rotatable bonds is 3. The van der Waals surface area contributed by atoms with Crippen LogP contribution in [0.15, 0.2) is 30.6 Å². The minimum absolute atomic E-state index is 0.109. The first kappa shape index (κ1) is 20.2. The maximum Gasteiger partial charge on any atom is 0.272 e. The summed E-state index contributed by atoms with van der Waals surface area (Å²) in [6, 6.07) is 5.64. The molecule has 0 atom stereocenters. The molecule has 0 bridgehead atoms. The molecule has 1 aromatic carbocycles. The van der Waals surface area contributed by atoms with Crippen molar-refractivity contribution >= 4 is 39.2 Å². The van der Waals surface area contributed by atoms with Crippen LogP contribution in [-0.2, 0) is 4.79 Å². The van der Waals surface area contributed by atoms with Crippen LogP contribution in [0.4, 0.5) is 10.2 Å². The van der Waals surface area contributed by atoms with Crippen molar-refractivity contribution in [3.05, 3.63) is 52.4 Å². The van der Waals surface area contributed by atoms with Gasteiger partial charge in [0.2, 0.25) is 5.91 Å². The van der Waals surface area contributed by atoms with Crippen LogP contribution in [0.1, 0.15) is 33.6 Å². The van der Waals surface area contributed by atoms with Crippen molar-refractivity contribution in [1.29, 1.82) is 0 Å². The molecule has 30 heavy (non-hydrogen) atoms. The molecule has 1 aliphatic heterocycles. The van der Waals surface area contributed by atoms with Crippen molar-refractivity contribution in [2.75, 3.05) is 18.0 Å². The lowest BCUT2D eigenvalue weighted by Gasteiger charge is -2.32. The minimum Gasteiger partial charge on any atom is -0.356 e. The van der Waals surface area contributed by atoms with E-state index in [-0.39, 0.29) is 17.4 Å². The molecular weight excluding hydrogens is 405 g/mol. The van der Waals surface area contributed by atoms with E-state index in [0.29, 0.717) is 25.9 Å². The Morgan fingerprint density at radius 2 is 1.87 bits per heavy atom. The summed E-state index contributed by atoms with van der Waals surface area (Å²) in [5.41, 5.74) is 5.82. The Hall–Kier alpha value is -3.07. The fourth-order valence-corrected chi connectivity index (χ4v) is 4.68. The number of hydrogen-bond acceptors (Lipinski definition) is 6. The molecule has 1 saturated heterocycles. The number of nitrogens with zero attached hydrogens (tertiary/aromatic N) is 3. The number of carbonyl (C=O) groups is 2. The average molecular weight is 428 g/mol. The van der Waals surface area contributed by atoms with E-state index in [2.05, 4.69) is 39.6 Å². The van der Waals surface area contributed by atoms with Crippen LogP contribution in [0.5, 0.6) is 0 Å². The zero-order valence-electron chi connectivity index (χ0n) is 16.7.